The molecule has 2 atom stereocenters. The van der Waals surface area contributed by atoms with Crippen molar-refractivity contribution < 1.29 is 9.47 Å². The fourth-order valence-electron chi connectivity index (χ4n) is 20.9. The van der Waals surface area contributed by atoms with Crippen molar-refractivity contribution in [3.8, 4) is 0 Å². The summed E-state index contributed by atoms with van der Waals surface area (Å²) in [7, 11) is -0.130. The second kappa shape index (κ2) is 11.0. The molecule has 4 heteroatoms. The maximum absolute atomic E-state index is 7.46. The zero-order valence-electron chi connectivity index (χ0n) is 32.7. The van der Waals surface area contributed by atoms with Crippen LogP contribution in [0.3, 0.4) is 0 Å². The predicted molar refractivity (Wildman–Crippen MR) is 211 cm³/mol. The monoisotopic (exact) mass is 731 g/mol. The molecule has 16 saturated carbocycles. The Bertz CT molecular complexity index is 1100. The molecule has 0 N–H and O–H groups in total. The van der Waals surface area contributed by atoms with Gasteiger partial charge in [-0.3, -0.25) is 0 Å². The zero-order valence-corrected chi connectivity index (χ0v) is 34.5. The molecule has 51 heavy (non-hydrogen) atoms. The molecule has 1 saturated heterocycles. The molecule has 17 rings (SSSR count). The van der Waals surface area contributed by atoms with Crippen LogP contribution in [0.25, 0.3) is 0 Å². The van der Waals surface area contributed by atoms with Crippen LogP contribution < -0.4 is 0 Å². The second-order valence-electron chi connectivity index (χ2n) is 24.5. The highest BCUT2D eigenvalue weighted by Crippen LogP contribution is 2.81. The minimum Gasteiger partial charge on any atom is -0.344 e. The standard InChI is InChI=1S/C47H72O2P2/c1-43(2)48-41(27-50(44-15-29-3-30(16-44)5-31(4-29)17-44)45-18-32-6-33(19-45)8-34(7-32)20-45)42(49-43)28-51(46-21-35-9-36(22-46)11-37(10-35)23-46)47-24-38-12-39(25-47)14-40(13-38)26-47/h29-42H,3-28H2,1-2H3. The van der Waals surface area contributed by atoms with Gasteiger partial charge >= 0.3 is 0 Å². The molecule has 17 aliphatic rings. The lowest BCUT2D eigenvalue weighted by Gasteiger charge is -2.68. The third-order valence-corrected chi connectivity index (χ3v) is 28.5. The summed E-state index contributed by atoms with van der Waals surface area (Å²) in [6.07, 6.45) is 42.3. The van der Waals surface area contributed by atoms with E-state index in [1.54, 1.807) is 154 Å². The Morgan fingerprint density at radius 1 is 0.333 bits per heavy atom. The molecule has 0 spiro atoms. The Morgan fingerprint density at radius 2 is 0.510 bits per heavy atom. The van der Waals surface area contributed by atoms with E-state index in [1.807, 2.05) is 0 Å². The highest BCUT2D eigenvalue weighted by molar-refractivity contribution is 7.61. The van der Waals surface area contributed by atoms with E-state index in [0.29, 0.717) is 32.8 Å². The fraction of sp³-hybridized carbons (Fsp3) is 1.00. The van der Waals surface area contributed by atoms with Gasteiger partial charge in [-0.15, -0.1) is 0 Å². The molecule has 2 unspecified atom stereocenters. The van der Waals surface area contributed by atoms with Gasteiger partial charge in [-0.1, -0.05) is 15.8 Å². The van der Waals surface area contributed by atoms with E-state index < -0.39 is 5.79 Å². The summed E-state index contributed by atoms with van der Waals surface area (Å²) in [6.45, 7) is 4.69. The highest BCUT2D eigenvalue weighted by atomic mass is 31.1. The number of rotatable bonds is 8. The summed E-state index contributed by atoms with van der Waals surface area (Å²) in [6, 6.07) is 0. The second-order valence-corrected chi connectivity index (χ2v) is 30.7. The summed E-state index contributed by atoms with van der Waals surface area (Å²) >= 11 is 0. The zero-order chi connectivity index (χ0) is 33.5. The van der Waals surface area contributed by atoms with Crippen molar-refractivity contribution in [2.75, 3.05) is 12.3 Å². The van der Waals surface area contributed by atoms with E-state index >= 15 is 0 Å². The summed E-state index contributed by atoms with van der Waals surface area (Å²) in [4.78, 5) is 0. The lowest BCUT2D eigenvalue weighted by molar-refractivity contribution is -0.143. The summed E-state index contributed by atoms with van der Waals surface area (Å²) < 4.78 is 14.9. The van der Waals surface area contributed by atoms with Gasteiger partial charge in [0.2, 0.25) is 0 Å². The van der Waals surface area contributed by atoms with Crippen LogP contribution in [0.5, 0.6) is 0 Å². The van der Waals surface area contributed by atoms with E-state index in [2.05, 4.69) is 13.8 Å². The van der Waals surface area contributed by atoms with Gasteiger partial charge in [-0.2, -0.15) is 0 Å². The Morgan fingerprint density at radius 3 is 0.686 bits per heavy atom. The first kappa shape index (κ1) is 32.8. The Hall–Kier alpha value is 0.780. The Kier molecular flexibility index (Phi) is 7.10. The van der Waals surface area contributed by atoms with Gasteiger partial charge in [-0.05, 0) is 272 Å². The minimum atomic E-state index is -0.400. The van der Waals surface area contributed by atoms with Crippen LogP contribution in [-0.4, -0.2) is 50.9 Å². The van der Waals surface area contributed by atoms with Crippen LogP contribution in [-0.2, 0) is 9.47 Å². The molecular weight excluding hydrogens is 658 g/mol. The highest BCUT2D eigenvalue weighted by Gasteiger charge is 2.66. The SMILES string of the molecule is CC1(C)OC(CP(C23CC4CC(CC(C4)C2)C3)C23CC4CC(CC(C4)C2)C3)C(CP(C23CC4CC(CC(C4)C2)C3)C23CC4CC(CC(C4)C2)C3)O1. The van der Waals surface area contributed by atoms with Crippen molar-refractivity contribution >= 4 is 15.8 Å². The maximum Gasteiger partial charge on any atom is 0.163 e. The minimum absolute atomic E-state index is 0.0648. The maximum atomic E-state index is 7.46. The molecular formula is C47H72O2P2. The van der Waals surface area contributed by atoms with Gasteiger partial charge in [0.05, 0.1) is 12.2 Å². The molecule has 0 amide bonds. The predicted octanol–water partition coefficient (Wildman–Crippen LogP) is 12.3. The Balaban J connectivity index is 0.880. The van der Waals surface area contributed by atoms with Crippen molar-refractivity contribution in [1.29, 1.82) is 0 Å². The van der Waals surface area contributed by atoms with Gasteiger partial charge in [0.1, 0.15) is 0 Å². The molecule has 0 aromatic heterocycles. The van der Waals surface area contributed by atoms with Gasteiger partial charge < -0.3 is 9.47 Å². The van der Waals surface area contributed by atoms with Crippen molar-refractivity contribution in [2.24, 2.45) is 71.0 Å². The van der Waals surface area contributed by atoms with Crippen LogP contribution >= 0.6 is 15.8 Å². The first-order valence-electron chi connectivity index (χ1n) is 23.5. The molecule has 1 aliphatic heterocycles. The fourth-order valence-corrected chi connectivity index (χ4v) is 31.6. The van der Waals surface area contributed by atoms with Crippen molar-refractivity contribution in [1.82, 2.24) is 0 Å². The topological polar surface area (TPSA) is 18.5 Å². The average Bonchev–Trinajstić information content (AvgIpc) is 3.32. The first-order valence-corrected chi connectivity index (χ1v) is 26.5. The molecule has 16 bridgehead atoms. The van der Waals surface area contributed by atoms with E-state index in [9.17, 15) is 0 Å². The third-order valence-electron chi connectivity index (χ3n) is 20.3. The van der Waals surface area contributed by atoms with Crippen LogP contribution in [0, 0.1) is 71.0 Å². The van der Waals surface area contributed by atoms with Crippen LogP contribution in [0.1, 0.15) is 168 Å². The van der Waals surface area contributed by atoms with E-state index in [0.717, 1.165) is 71.0 Å². The van der Waals surface area contributed by atoms with Gasteiger partial charge in [0, 0.05) is 0 Å². The molecule has 1 heterocycles. The van der Waals surface area contributed by atoms with Gasteiger partial charge in [0.15, 0.2) is 5.79 Å². The smallest absolute Gasteiger partial charge is 0.163 e. The lowest BCUT2D eigenvalue weighted by Crippen LogP contribution is -2.58. The summed E-state index contributed by atoms with van der Waals surface area (Å²) in [5.41, 5.74) is 0. The molecule has 2 nitrogen and oxygen atoms in total. The lowest BCUT2D eigenvalue weighted by atomic mass is 9.55. The van der Waals surface area contributed by atoms with Crippen LogP contribution in [0.15, 0.2) is 0 Å². The summed E-state index contributed by atoms with van der Waals surface area (Å²) in [5.74, 6) is 12.5. The van der Waals surface area contributed by atoms with Crippen molar-refractivity contribution in [3.05, 3.63) is 0 Å². The van der Waals surface area contributed by atoms with Crippen LogP contribution in [0.2, 0.25) is 0 Å². The van der Waals surface area contributed by atoms with E-state index in [4.69, 9.17) is 9.47 Å². The van der Waals surface area contributed by atoms with Crippen molar-refractivity contribution in [3.63, 3.8) is 0 Å². The normalized spacial score (nSPS) is 61.5. The number of ether oxygens (including phenoxy) is 2. The quantitative estimate of drug-likeness (QED) is 0.232. The van der Waals surface area contributed by atoms with E-state index in [-0.39, 0.29) is 15.8 Å². The Labute approximate surface area is 314 Å². The van der Waals surface area contributed by atoms with Crippen LogP contribution in [0.4, 0.5) is 0 Å². The molecule has 17 fully saturated rings. The van der Waals surface area contributed by atoms with Gasteiger partial charge in [-0.25, -0.2) is 0 Å². The molecule has 0 aromatic rings. The largest absolute Gasteiger partial charge is 0.344 e. The summed E-state index contributed by atoms with van der Waals surface area (Å²) in [5, 5.41) is 2.78. The molecule has 0 aromatic carbocycles. The molecule has 282 valence electrons. The van der Waals surface area contributed by atoms with Crippen molar-refractivity contribution in [2.45, 2.75) is 207 Å². The van der Waals surface area contributed by atoms with E-state index in [1.165, 1.54) is 12.3 Å². The number of hydrogen-bond acceptors (Lipinski definition) is 2. The molecule has 16 aliphatic carbocycles. The van der Waals surface area contributed by atoms with Gasteiger partial charge in [0.25, 0.3) is 0 Å². The average molecular weight is 731 g/mol. The molecule has 0 radical (unpaired) electrons. The number of hydrogen-bond donors (Lipinski definition) is 0. The first-order chi connectivity index (χ1) is 24.6. The third kappa shape index (κ3) is 5.04.